The summed E-state index contributed by atoms with van der Waals surface area (Å²) in [5, 5.41) is 0. The lowest BCUT2D eigenvalue weighted by molar-refractivity contribution is 0.221. The molecular formula is C14H17BrFN3S. The molecule has 6 heteroatoms. The van der Waals surface area contributed by atoms with Gasteiger partial charge in [0.1, 0.15) is 5.82 Å². The van der Waals surface area contributed by atoms with Gasteiger partial charge in [-0.2, -0.15) is 0 Å². The molecule has 20 heavy (non-hydrogen) atoms. The number of aromatic nitrogens is 2. The number of hydrogen-bond donors (Lipinski definition) is 1. The zero-order valence-corrected chi connectivity index (χ0v) is 13.6. The highest BCUT2D eigenvalue weighted by atomic mass is 79.9. The maximum Gasteiger partial charge on any atom is 0.178 e. The molecule has 1 N–H and O–H groups in total. The standard InChI is InChI=1S/C14H17BrFN3S/c15-10-8-12-13(9-11(10)16)19(14(20)17-12)7-6-18-4-2-1-3-5-18/h8-9H,1-7H2,(H,17,20). The van der Waals surface area contributed by atoms with Crippen LogP contribution in [0.25, 0.3) is 11.0 Å². The number of H-pyrrole nitrogens is 1. The van der Waals surface area contributed by atoms with Gasteiger partial charge in [-0.15, -0.1) is 0 Å². The fourth-order valence-electron chi connectivity index (χ4n) is 2.80. The van der Waals surface area contributed by atoms with Crippen molar-refractivity contribution in [3.8, 4) is 0 Å². The van der Waals surface area contributed by atoms with E-state index in [-0.39, 0.29) is 5.82 Å². The Kier molecular flexibility index (Phi) is 4.23. The zero-order chi connectivity index (χ0) is 14.1. The highest BCUT2D eigenvalue weighted by Gasteiger charge is 2.12. The van der Waals surface area contributed by atoms with E-state index in [1.165, 1.54) is 19.3 Å². The van der Waals surface area contributed by atoms with Crippen LogP contribution in [-0.4, -0.2) is 34.1 Å². The van der Waals surface area contributed by atoms with Gasteiger partial charge in [0.05, 0.1) is 15.5 Å². The van der Waals surface area contributed by atoms with E-state index in [2.05, 4.69) is 25.8 Å². The van der Waals surface area contributed by atoms with Gasteiger partial charge in [0.2, 0.25) is 0 Å². The van der Waals surface area contributed by atoms with Crippen molar-refractivity contribution in [3.63, 3.8) is 0 Å². The predicted octanol–water partition coefficient (Wildman–Crippen LogP) is 4.09. The number of halogens is 2. The summed E-state index contributed by atoms with van der Waals surface area (Å²) in [4.78, 5) is 5.60. The molecule has 0 radical (unpaired) electrons. The summed E-state index contributed by atoms with van der Waals surface area (Å²) in [5.74, 6) is -0.252. The van der Waals surface area contributed by atoms with Crippen LogP contribution < -0.4 is 0 Å². The van der Waals surface area contributed by atoms with Crippen molar-refractivity contribution in [3.05, 3.63) is 27.2 Å². The van der Waals surface area contributed by atoms with Crippen LogP contribution in [0.5, 0.6) is 0 Å². The van der Waals surface area contributed by atoms with Crippen LogP contribution in [0.15, 0.2) is 16.6 Å². The summed E-state index contributed by atoms with van der Waals surface area (Å²) in [6.45, 7) is 4.10. The van der Waals surface area contributed by atoms with Crippen LogP contribution in [0.3, 0.4) is 0 Å². The van der Waals surface area contributed by atoms with E-state index in [9.17, 15) is 4.39 Å². The van der Waals surface area contributed by atoms with Crippen molar-refractivity contribution in [2.45, 2.75) is 25.8 Å². The van der Waals surface area contributed by atoms with Crippen LogP contribution >= 0.6 is 28.1 Å². The molecule has 108 valence electrons. The predicted molar refractivity (Wildman–Crippen MR) is 85.1 cm³/mol. The average molecular weight is 358 g/mol. The Morgan fingerprint density at radius 3 is 2.70 bits per heavy atom. The molecule has 1 aliphatic rings. The molecule has 1 aliphatic heterocycles. The van der Waals surface area contributed by atoms with Gasteiger partial charge >= 0.3 is 0 Å². The molecule has 1 aromatic carbocycles. The molecular weight excluding hydrogens is 341 g/mol. The fourth-order valence-corrected chi connectivity index (χ4v) is 3.44. The van der Waals surface area contributed by atoms with E-state index in [0.717, 1.165) is 37.2 Å². The minimum Gasteiger partial charge on any atom is -0.331 e. The number of benzene rings is 1. The fraction of sp³-hybridized carbons (Fsp3) is 0.500. The second-order valence-corrected chi connectivity index (χ2v) is 6.51. The van der Waals surface area contributed by atoms with Crippen LogP contribution in [0.4, 0.5) is 4.39 Å². The van der Waals surface area contributed by atoms with Crippen LogP contribution in [0.1, 0.15) is 19.3 Å². The molecule has 0 amide bonds. The molecule has 2 aromatic rings. The Morgan fingerprint density at radius 1 is 1.20 bits per heavy atom. The molecule has 3 nitrogen and oxygen atoms in total. The third-order valence-electron chi connectivity index (χ3n) is 3.90. The molecule has 0 saturated carbocycles. The number of likely N-dealkylation sites (tertiary alicyclic amines) is 1. The number of hydrogen-bond acceptors (Lipinski definition) is 2. The first-order valence-electron chi connectivity index (χ1n) is 6.95. The number of nitrogens with zero attached hydrogens (tertiary/aromatic N) is 2. The largest absolute Gasteiger partial charge is 0.331 e. The van der Waals surface area contributed by atoms with E-state index >= 15 is 0 Å². The Balaban J connectivity index is 1.85. The first-order chi connectivity index (χ1) is 9.65. The molecule has 0 aliphatic carbocycles. The van der Waals surface area contributed by atoms with Crippen LogP contribution in [-0.2, 0) is 6.54 Å². The number of piperidine rings is 1. The highest BCUT2D eigenvalue weighted by Crippen LogP contribution is 2.23. The number of fused-ring (bicyclic) bond motifs is 1. The number of rotatable bonds is 3. The van der Waals surface area contributed by atoms with Crippen molar-refractivity contribution < 1.29 is 4.39 Å². The molecule has 0 atom stereocenters. The normalized spacial score (nSPS) is 16.9. The van der Waals surface area contributed by atoms with Crippen LogP contribution in [0.2, 0.25) is 0 Å². The van der Waals surface area contributed by atoms with Crippen molar-refractivity contribution in [2.24, 2.45) is 0 Å². The van der Waals surface area contributed by atoms with Gasteiger partial charge in [-0.25, -0.2) is 4.39 Å². The van der Waals surface area contributed by atoms with E-state index < -0.39 is 0 Å². The van der Waals surface area contributed by atoms with Gasteiger partial charge in [0.15, 0.2) is 4.77 Å². The smallest absolute Gasteiger partial charge is 0.178 e. The molecule has 0 bridgehead atoms. The second kappa shape index (κ2) is 5.95. The number of imidazole rings is 1. The van der Waals surface area contributed by atoms with Crippen molar-refractivity contribution in [1.82, 2.24) is 14.5 Å². The van der Waals surface area contributed by atoms with Gasteiger partial charge < -0.3 is 14.5 Å². The Morgan fingerprint density at radius 2 is 1.95 bits per heavy atom. The minimum absolute atomic E-state index is 0.252. The third kappa shape index (κ3) is 2.82. The molecule has 2 heterocycles. The van der Waals surface area contributed by atoms with Crippen molar-refractivity contribution in [2.75, 3.05) is 19.6 Å². The summed E-state index contributed by atoms with van der Waals surface area (Å²) < 4.78 is 16.8. The number of nitrogens with one attached hydrogen (secondary N) is 1. The third-order valence-corrected chi connectivity index (χ3v) is 4.83. The van der Waals surface area contributed by atoms with Crippen LogP contribution in [0, 0.1) is 10.6 Å². The Hall–Kier alpha value is -0.720. The van der Waals surface area contributed by atoms with E-state index in [4.69, 9.17) is 12.2 Å². The van der Waals surface area contributed by atoms with Crippen molar-refractivity contribution in [1.29, 1.82) is 0 Å². The zero-order valence-electron chi connectivity index (χ0n) is 11.2. The SMILES string of the molecule is Fc1cc2c(cc1Br)[nH]c(=S)n2CCN1CCCCC1. The van der Waals surface area contributed by atoms with Gasteiger partial charge in [-0.1, -0.05) is 6.42 Å². The Labute approximate surface area is 130 Å². The summed E-state index contributed by atoms with van der Waals surface area (Å²) in [6.07, 6.45) is 3.89. The van der Waals surface area contributed by atoms with E-state index in [1.54, 1.807) is 12.1 Å². The first kappa shape index (κ1) is 14.2. The quantitative estimate of drug-likeness (QED) is 0.836. The lowest BCUT2D eigenvalue weighted by Gasteiger charge is -2.26. The summed E-state index contributed by atoms with van der Waals surface area (Å²) in [5.41, 5.74) is 1.72. The maximum absolute atomic E-state index is 13.7. The monoisotopic (exact) mass is 357 g/mol. The maximum atomic E-state index is 13.7. The topological polar surface area (TPSA) is 24.0 Å². The molecule has 1 aromatic heterocycles. The Bertz CT molecular complexity index is 673. The number of aromatic amines is 1. The highest BCUT2D eigenvalue weighted by molar-refractivity contribution is 9.10. The first-order valence-corrected chi connectivity index (χ1v) is 8.15. The van der Waals surface area contributed by atoms with E-state index in [0.29, 0.717) is 9.24 Å². The molecule has 0 unspecified atom stereocenters. The summed E-state index contributed by atoms with van der Waals surface area (Å²) in [7, 11) is 0. The van der Waals surface area contributed by atoms with Gasteiger partial charge in [0, 0.05) is 19.2 Å². The summed E-state index contributed by atoms with van der Waals surface area (Å²) in [6, 6.07) is 3.29. The molecule has 0 spiro atoms. The van der Waals surface area contributed by atoms with Crippen molar-refractivity contribution >= 4 is 39.2 Å². The lowest BCUT2D eigenvalue weighted by atomic mass is 10.1. The molecule has 1 fully saturated rings. The van der Waals surface area contributed by atoms with E-state index in [1.807, 2.05) is 4.57 Å². The average Bonchev–Trinajstić information content (AvgIpc) is 2.73. The summed E-state index contributed by atoms with van der Waals surface area (Å²) >= 11 is 8.56. The molecule has 1 saturated heterocycles. The molecule has 3 rings (SSSR count). The van der Waals surface area contributed by atoms with Gasteiger partial charge in [-0.3, -0.25) is 0 Å². The second-order valence-electron chi connectivity index (χ2n) is 5.27. The van der Waals surface area contributed by atoms with Gasteiger partial charge in [-0.05, 0) is 60.1 Å². The minimum atomic E-state index is -0.252. The van der Waals surface area contributed by atoms with Gasteiger partial charge in [0.25, 0.3) is 0 Å². The lowest BCUT2D eigenvalue weighted by Crippen LogP contribution is -2.32.